The number of hydrogen-bond acceptors (Lipinski definition) is 6. The van der Waals surface area contributed by atoms with Crippen LogP contribution in [-0.4, -0.2) is 27.8 Å². The second-order valence-electron chi connectivity index (χ2n) is 8.10. The number of rotatable bonds is 4. The number of nitrogens with one attached hydrogen (secondary N) is 1. The minimum absolute atomic E-state index is 0.295. The topological polar surface area (TPSA) is 66.8 Å². The zero-order valence-corrected chi connectivity index (χ0v) is 18.1. The first-order valence-electron chi connectivity index (χ1n) is 9.78. The van der Waals surface area contributed by atoms with Crippen LogP contribution in [0, 0.1) is 0 Å². The van der Waals surface area contributed by atoms with Crippen molar-refractivity contribution >= 4 is 28.8 Å². The first kappa shape index (κ1) is 20.1. The third kappa shape index (κ3) is 4.68. The Kier molecular flexibility index (Phi) is 5.55. The fourth-order valence-electron chi connectivity index (χ4n) is 3.25. The predicted molar refractivity (Wildman–Crippen MR) is 121 cm³/mol. The van der Waals surface area contributed by atoms with Gasteiger partial charge in [0, 0.05) is 17.5 Å². The van der Waals surface area contributed by atoms with E-state index in [-0.39, 0.29) is 6.09 Å². The molecule has 0 bridgehead atoms. The maximum atomic E-state index is 12.4. The highest BCUT2D eigenvalue weighted by molar-refractivity contribution is 7.14. The molecule has 0 fully saturated rings. The second kappa shape index (κ2) is 8.28. The van der Waals surface area contributed by atoms with Crippen molar-refractivity contribution in [1.29, 1.82) is 0 Å². The van der Waals surface area contributed by atoms with Crippen LogP contribution < -0.4 is 5.43 Å². The van der Waals surface area contributed by atoms with Gasteiger partial charge in [-0.25, -0.2) is 9.78 Å². The Balaban J connectivity index is 1.43. The lowest BCUT2D eigenvalue weighted by Crippen LogP contribution is -2.33. The van der Waals surface area contributed by atoms with Crippen molar-refractivity contribution < 1.29 is 9.53 Å². The lowest BCUT2D eigenvalue weighted by molar-refractivity contribution is 0.0242. The molecule has 154 valence electrons. The Bertz CT molecular complexity index is 1070. The number of hydrogen-bond donors (Lipinski definition) is 1. The van der Waals surface area contributed by atoms with E-state index in [0.717, 1.165) is 33.1 Å². The number of anilines is 1. The van der Waals surface area contributed by atoms with Crippen molar-refractivity contribution in [3.63, 3.8) is 0 Å². The van der Waals surface area contributed by atoms with E-state index in [0.29, 0.717) is 13.1 Å². The van der Waals surface area contributed by atoms with Crippen LogP contribution in [0.5, 0.6) is 0 Å². The van der Waals surface area contributed by atoms with Crippen LogP contribution in [0.15, 0.2) is 59.0 Å². The monoisotopic (exact) mass is 420 g/mol. The van der Waals surface area contributed by atoms with E-state index < -0.39 is 5.60 Å². The van der Waals surface area contributed by atoms with E-state index in [2.05, 4.69) is 15.5 Å². The Hall–Kier alpha value is -3.19. The molecule has 30 heavy (non-hydrogen) atoms. The number of benzene rings is 2. The van der Waals surface area contributed by atoms with E-state index in [4.69, 9.17) is 4.74 Å². The molecule has 0 saturated heterocycles. The standard InChI is InChI=1S/C23H24N4O2S/c1-23(2,3)29-22(28)27-13-18-11-7-10-17(19(18)14-27)12-24-26-21-25-20(15-30-21)16-8-5-4-6-9-16/h4-12,15H,13-14H2,1-3H3,(H,25,26). The fourth-order valence-corrected chi connectivity index (χ4v) is 3.92. The Morgan fingerprint density at radius 1 is 1.17 bits per heavy atom. The van der Waals surface area contributed by atoms with Crippen molar-refractivity contribution in [1.82, 2.24) is 9.88 Å². The normalized spacial score (nSPS) is 13.5. The lowest BCUT2D eigenvalue weighted by Gasteiger charge is -2.24. The summed E-state index contributed by atoms with van der Waals surface area (Å²) in [4.78, 5) is 18.7. The Morgan fingerprint density at radius 3 is 2.73 bits per heavy atom. The zero-order chi connectivity index (χ0) is 21.1. The molecule has 1 aliphatic heterocycles. The highest BCUT2D eigenvalue weighted by Crippen LogP contribution is 2.27. The predicted octanol–water partition coefficient (Wildman–Crippen LogP) is 5.51. The molecule has 3 aromatic rings. The SMILES string of the molecule is CC(C)(C)OC(=O)N1Cc2cccc(C=NNc3nc(-c4ccccc4)cs3)c2C1. The minimum atomic E-state index is -0.508. The average Bonchev–Trinajstić information content (AvgIpc) is 3.35. The first-order valence-corrected chi connectivity index (χ1v) is 10.7. The number of amides is 1. The van der Waals surface area contributed by atoms with Gasteiger partial charge in [-0.05, 0) is 37.5 Å². The molecule has 1 amide bonds. The third-order valence-electron chi connectivity index (χ3n) is 4.61. The van der Waals surface area contributed by atoms with E-state index in [1.54, 1.807) is 11.1 Å². The lowest BCUT2D eigenvalue weighted by atomic mass is 10.0. The summed E-state index contributed by atoms with van der Waals surface area (Å²) in [5.74, 6) is 0. The van der Waals surface area contributed by atoms with Gasteiger partial charge in [-0.1, -0.05) is 48.5 Å². The van der Waals surface area contributed by atoms with Gasteiger partial charge >= 0.3 is 6.09 Å². The number of fused-ring (bicyclic) bond motifs is 1. The van der Waals surface area contributed by atoms with Crippen LogP contribution in [0.2, 0.25) is 0 Å². The van der Waals surface area contributed by atoms with Gasteiger partial charge in [-0.2, -0.15) is 5.10 Å². The maximum absolute atomic E-state index is 12.4. The summed E-state index contributed by atoms with van der Waals surface area (Å²) in [6.07, 6.45) is 1.48. The molecule has 1 aliphatic rings. The molecule has 6 nitrogen and oxygen atoms in total. The van der Waals surface area contributed by atoms with Gasteiger partial charge < -0.3 is 4.74 Å². The van der Waals surface area contributed by atoms with Gasteiger partial charge in [0.1, 0.15) is 5.60 Å². The molecular weight excluding hydrogens is 396 g/mol. The molecule has 2 heterocycles. The summed E-state index contributed by atoms with van der Waals surface area (Å²) >= 11 is 1.51. The minimum Gasteiger partial charge on any atom is -0.444 e. The summed E-state index contributed by atoms with van der Waals surface area (Å²) in [5, 5.41) is 7.10. The van der Waals surface area contributed by atoms with Gasteiger partial charge in [-0.15, -0.1) is 11.3 Å². The Morgan fingerprint density at radius 2 is 1.97 bits per heavy atom. The molecule has 0 radical (unpaired) electrons. The number of thiazole rings is 1. The molecule has 0 spiro atoms. The summed E-state index contributed by atoms with van der Waals surface area (Å²) in [6, 6.07) is 16.1. The fraction of sp³-hybridized carbons (Fsp3) is 0.261. The van der Waals surface area contributed by atoms with Crippen LogP contribution in [0.25, 0.3) is 11.3 Å². The molecular formula is C23H24N4O2S. The number of aromatic nitrogens is 1. The van der Waals surface area contributed by atoms with Crippen molar-refractivity contribution in [2.75, 3.05) is 5.43 Å². The number of nitrogens with zero attached hydrogens (tertiary/aromatic N) is 3. The van der Waals surface area contributed by atoms with Crippen LogP contribution in [-0.2, 0) is 17.8 Å². The average molecular weight is 421 g/mol. The molecule has 4 rings (SSSR count). The van der Waals surface area contributed by atoms with Crippen LogP contribution >= 0.6 is 11.3 Å². The Labute approximate surface area is 180 Å². The molecule has 0 atom stereocenters. The van der Waals surface area contributed by atoms with Crippen LogP contribution in [0.4, 0.5) is 9.93 Å². The summed E-state index contributed by atoms with van der Waals surface area (Å²) in [5.41, 5.74) is 7.69. The molecule has 1 N–H and O–H groups in total. The largest absolute Gasteiger partial charge is 0.444 e. The van der Waals surface area contributed by atoms with Gasteiger partial charge in [0.05, 0.1) is 18.5 Å². The third-order valence-corrected chi connectivity index (χ3v) is 5.36. The number of hydrazone groups is 1. The number of carbonyl (C=O) groups excluding carboxylic acids is 1. The van der Waals surface area contributed by atoms with Gasteiger partial charge in [0.15, 0.2) is 0 Å². The van der Waals surface area contributed by atoms with Crippen LogP contribution in [0.3, 0.4) is 0 Å². The van der Waals surface area contributed by atoms with Gasteiger partial charge in [0.25, 0.3) is 0 Å². The number of ether oxygens (including phenoxy) is 1. The second-order valence-corrected chi connectivity index (χ2v) is 8.95. The maximum Gasteiger partial charge on any atom is 0.410 e. The highest BCUT2D eigenvalue weighted by atomic mass is 32.1. The molecule has 7 heteroatoms. The van der Waals surface area contributed by atoms with Crippen molar-refractivity contribution in [2.45, 2.75) is 39.5 Å². The summed E-state index contributed by atoms with van der Waals surface area (Å²) in [7, 11) is 0. The van der Waals surface area contributed by atoms with Crippen molar-refractivity contribution in [3.8, 4) is 11.3 Å². The molecule has 0 saturated carbocycles. The highest BCUT2D eigenvalue weighted by Gasteiger charge is 2.28. The molecule has 1 aromatic heterocycles. The van der Waals surface area contributed by atoms with Crippen molar-refractivity contribution in [2.24, 2.45) is 5.10 Å². The van der Waals surface area contributed by atoms with Gasteiger partial charge in [-0.3, -0.25) is 10.3 Å². The first-order chi connectivity index (χ1) is 14.4. The number of carbonyl (C=O) groups is 1. The van der Waals surface area contributed by atoms with Crippen LogP contribution in [0.1, 0.15) is 37.5 Å². The van der Waals surface area contributed by atoms with E-state index in [1.807, 2.05) is 74.7 Å². The zero-order valence-electron chi connectivity index (χ0n) is 17.3. The van der Waals surface area contributed by atoms with Gasteiger partial charge in [0.2, 0.25) is 5.13 Å². The van der Waals surface area contributed by atoms with E-state index >= 15 is 0 Å². The smallest absolute Gasteiger partial charge is 0.410 e. The van der Waals surface area contributed by atoms with E-state index in [9.17, 15) is 4.79 Å². The summed E-state index contributed by atoms with van der Waals surface area (Å²) < 4.78 is 5.50. The molecule has 0 unspecified atom stereocenters. The van der Waals surface area contributed by atoms with Crippen molar-refractivity contribution in [3.05, 3.63) is 70.6 Å². The molecule has 2 aromatic carbocycles. The molecule has 0 aliphatic carbocycles. The summed E-state index contributed by atoms with van der Waals surface area (Å²) in [6.45, 7) is 6.69. The van der Waals surface area contributed by atoms with E-state index in [1.165, 1.54) is 11.3 Å². The quantitative estimate of drug-likeness (QED) is 0.447.